The number of carboxylic acids is 1. The van der Waals surface area contributed by atoms with Crippen LogP contribution in [0.3, 0.4) is 0 Å². The summed E-state index contributed by atoms with van der Waals surface area (Å²) in [5.74, 6) is 0.807. The number of carbonyl (C=O) groups excluding carboxylic acids is 1. The lowest BCUT2D eigenvalue weighted by Gasteiger charge is -2.23. The molecule has 3 rings (SSSR count). The molecule has 1 aliphatic rings. The molecular formula is C32H45NO4. The molecule has 0 bridgehead atoms. The summed E-state index contributed by atoms with van der Waals surface area (Å²) in [6.07, 6.45) is 13.2. The van der Waals surface area contributed by atoms with Gasteiger partial charge in [0.1, 0.15) is 5.75 Å². The molecule has 0 aliphatic heterocycles. The van der Waals surface area contributed by atoms with Gasteiger partial charge in [0.05, 0.1) is 6.61 Å². The number of nitrogens with zero attached hydrogens (tertiary/aromatic N) is 1. The van der Waals surface area contributed by atoms with Gasteiger partial charge in [0.15, 0.2) is 0 Å². The van der Waals surface area contributed by atoms with E-state index in [4.69, 9.17) is 9.84 Å². The predicted octanol–water partition coefficient (Wildman–Crippen LogP) is 7.65. The molecule has 0 saturated heterocycles. The van der Waals surface area contributed by atoms with Crippen LogP contribution in [0.2, 0.25) is 0 Å². The van der Waals surface area contributed by atoms with Crippen molar-refractivity contribution < 1.29 is 19.4 Å². The fourth-order valence-corrected chi connectivity index (χ4v) is 5.16. The highest BCUT2D eigenvalue weighted by molar-refractivity contribution is 5.76. The lowest BCUT2D eigenvalue weighted by molar-refractivity contribution is -0.137. The van der Waals surface area contributed by atoms with E-state index in [1.54, 1.807) is 0 Å². The van der Waals surface area contributed by atoms with E-state index in [9.17, 15) is 9.59 Å². The molecule has 1 amide bonds. The van der Waals surface area contributed by atoms with E-state index in [1.807, 2.05) is 30.1 Å². The van der Waals surface area contributed by atoms with Gasteiger partial charge in [0, 0.05) is 32.0 Å². The second-order valence-electron chi connectivity index (χ2n) is 10.7. The van der Waals surface area contributed by atoms with Crippen molar-refractivity contribution in [3.05, 3.63) is 53.6 Å². The Morgan fingerprint density at radius 3 is 2.49 bits per heavy atom. The zero-order valence-corrected chi connectivity index (χ0v) is 22.8. The third-order valence-corrected chi connectivity index (χ3v) is 7.45. The Morgan fingerprint density at radius 2 is 1.73 bits per heavy atom. The average Bonchev–Trinajstić information content (AvgIpc) is 2.91. The fourth-order valence-electron chi connectivity index (χ4n) is 5.16. The van der Waals surface area contributed by atoms with Crippen LogP contribution in [0, 0.1) is 5.92 Å². The number of hydrogen-bond donors (Lipinski definition) is 1. The average molecular weight is 508 g/mol. The van der Waals surface area contributed by atoms with Crippen LogP contribution in [0.1, 0.15) is 95.1 Å². The zero-order valence-electron chi connectivity index (χ0n) is 22.8. The number of rotatable bonds is 15. The highest BCUT2D eigenvalue weighted by Crippen LogP contribution is 2.34. The van der Waals surface area contributed by atoms with Crippen molar-refractivity contribution in [1.29, 1.82) is 0 Å². The molecule has 0 heterocycles. The summed E-state index contributed by atoms with van der Waals surface area (Å²) in [7, 11) is 1.89. The van der Waals surface area contributed by atoms with Gasteiger partial charge in [-0.2, -0.15) is 0 Å². The Balaban J connectivity index is 1.70. The van der Waals surface area contributed by atoms with Gasteiger partial charge in [0.2, 0.25) is 5.91 Å². The van der Waals surface area contributed by atoms with Crippen molar-refractivity contribution in [3.63, 3.8) is 0 Å². The summed E-state index contributed by atoms with van der Waals surface area (Å²) in [4.78, 5) is 25.6. The summed E-state index contributed by atoms with van der Waals surface area (Å²) in [5, 5.41) is 9.11. The number of hydrogen-bond acceptors (Lipinski definition) is 3. The highest BCUT2D eigenvalue weighted by atomic mass is 16.5. The molecule has 5 nitrogen and oxygen atoms in total. The molecule has 2 aromatic carbocycles. The molecule has 2 aromatic rings. The monoisotopic (exact) mass is 507 g/mol. The fraction of sp³-hybridized carbons (Fsp3) is 0.562. The summed E-state index contributed by atoms with van der Waals surface area (Å²) >= 11 is 0. The van der Waals surface area contributed by atoms with E-state index in [-0.39, 0.29) is 12.3 Å². The van der Waals surface area contributed by atoms with Crippen LogP contribution in [0.15, 0.2) is 42.5 Å². The maximum absolute atomic E-state index is 12.6. The number of unbranched alkanes of at least 4 members (excludes halogenated alkanes) is 4. The van der Waals surface area contributed by atoms with Gasteiger partial charge in [-0.1, -0.05) is 82.2 Å². The smallest absolute Gasteiger partial charge is 0.303 e. The number of ether oxygens (including phenoxy) is 1. The Morgan fingerprint density at radius 1 is 0.946 bits per heavy atom. The van der Waals surface area contributed by atoms with Crippen LogP contribution in [0.5, 0.6) is 5.75 Å². The van der Waals surface area contributed by atoms with Gasteiger partial charge in [-0.3, -0.25) is 9.59 Å². The van der Waals surface area contributed by atoms with Crippen LogP contribution in [0.4, 0.5) is 0 Å². The number of carboxylic acid groups (broad SMARTS) is 1. The van der Waals surface area contributed by atoms with E-state index < -0.39 is 5.97 Å². The maximum Gasteiger partial charge on any atom is 0.303 e. The SMILES string of the molecule is CCCCCCCC(=O)N(C)Cc1cccc(-c2ccc(CCC(=O)O)cc2OCC2CCCCC2)c1. The molecule has 5 heteroatoms. The quantitative estimate of drug-likeness (QED) is 0.251. The number of aryl methyl sites for hydroxylation is 1. The van der Waals surface area contributed by atoms with Crippen LogP contribution in [-0.4, -0.2) is 35.5 Å². The zero-order chi connectivity index (χ0) is 26.5. The first-order chi connectivity index (χ1) is 18.0. The normalized spacial score (nSPS) is 13.9. The standard InChI is InChI=1S/C32H45NO4/c1-3-4-5-6-10-16-31(34)33(2)23-27-14-11-15-28(21-27)29-19-17-25(18-20-32(35)36)22-30(29)37-24-26-12-8-7-9-13-26/h11,14-15,17,19,21-22,26H,3-10,12-13,16,18,20,23-24H2,1-2H3,(H,35,36). The van der Waals surface area contributed by atoms with Crippen LogP contribution < -0.4 is 4.74 Å². The molecule has 0 aromatic heterocycles. The number of benzene rings is 2. The van der Waals surface area contributed by atoms with Gasteiger partial charge >= 0.3 is 5.97 Å². The Bertz CT molecular complexity index is 996. The van der Waals surface area contributed by atoms with Crippen LogP contribution in [-0.2, 0) is 22.6 Å². The van der Waals surface area contributed by atoms with Crippen molar-refractivity contribution in [2.45, 2.75) is 96.9 Å². The molecule has 0 atom stereocenters. The third-order valence-electron chi connectivity index (χ3n) is 7.45. The van der Waals surface area contributed by atoms with E-state index >= 15 is 0 Å². The summed E-state index contributed by atoms with van der Waals surface area (Å²) in [6, 6.07) is 14.4. The molecule has 1 aliphatic carbocycles. The van der Waals surface area contributed by atoms with E-state index in [0.717, 1.165) is 40.8 Å². The Hall–Kier alpha value is -2.82. The Labute approximate surface area is 223 Å². The maximum atomic E-state index is 12.6. The molecule has 37 heavy (non-hydrogen) atoms. The van der Waals surface area contributed by atoms with Crippen molar-refractivity contribution in [3.8, 4) is 16.9 Å². The van der Waals surface area contributed by atoms with Crippen molar-refractivity contribution in [2.75, 3.05) is 13.7 Å². The molecule has 0 spiro atoms. The molecule has 1 N–H and O–H groups in total. The number of carbonyl (C=O) groups is 2. The second kappa shape index (κ2) is 15.4. The van der Waals surface area contributed by atoms with Crippen molar-refractivity contribution in [2.24, 2.45) is 5.92 Å². The van der Waals surface area contributed by atoms with Crippen LogP contribution in [0.25, 0.3) is 11.1 Å². The van der Waals surface area contributed by atoms with Gasteiger partial charge in [-0.25, -0.2) is 0 Å². The molecule has 202 valence electrons. The number of amides is 1. The van der Waals surface area contributed by atoms with E-state index in [1.165, 1.54) is 51.4 Å². The lowest BCUT2D eigenvalue weighted by atomic mass is 9.90. The summed E-state index contributed by atoms with van der Waals surface area (Å²) < 4.78 is 6.40. The number of aliphatic carboxylic acids is 1. The molecule has 1 saturated carbocycles. The van der Waals surface area contributed by atoms with Gasteiger partial charge in [0.25, 0.3) is 0 Å². The van der Waals surface area contributed by atoms with Crippen LogP contribution >= 0.6 is 0 Å². The van der Waals surface area contributed by atoms with Crippen molar-refractivity contribution in [1.82, 2.24) is 4.90 Å². The summed E-state index contributed by atoms with van der Waals surface area (Å²) in [5.41, 5.74) is 4.14. The van der Waals surface area contributed by atoms with Gasteiger partial charge < -0.3 is 14.7 Å². The first-order valence-electron chi connectivity index (χ1n) is 14.3. The third kappa shape index (κ3) is 9.87. The Kier molecular flexibility index (Phi) is 12.0. The molecule has 0 radical (unpaired) electrons. The minimum absolute atomic E-state index is 0.107. The second-order valence-corrected chi connectivity index (χ2v) is 10.7. The van der Waals surface area contributed by atoms with E-state index in [2.05, 4.69) is 31.2 Å². The first-order valence-corrected chi connectivity index (χ1v) is 14.3. The largest absolute Gasteiger partial charge is 0.493 e. The lowest BCUT2D eigenvalue weighted by Crippen LogP contribution is -2.25. The highest BCUT2D eigenvalue weighted by Gasteiger charge is 2.17. The first kappa shape index (κ1) is 28.7. The predicted molar refractivity (Wildman–Crippen MR) is 150 cm³/mol. The topological polar surface area (TPSA) is 66.8 Å². The molecule has 0 unspecified atom stereocenters. The minimum Gasteiger partial charge on any atom is -0.493 e. The van der Waals surface area contributed by atoms with Crippen molar-refractivity contribution >= 4 is 11.9 Å². The van der Waals surface area contributed by atoms with Gasteiger partial charge in [-0.15, -0.1) is 0 Å². The van der Waals surface area contributed by atoms with E-state index in [0.29, 0.717) is 31.9 Å². The molecular weight excluding hydrogens is 462 g/mol. The van der Waals surface area contributed by atoms with Gasteiger partial charge in [-0.05, 0) is 60.4 Å². The molecule has 1 fully saturated rings. The minimum atomic E-state index is -0.791. The summed E-state index contributed by atoms with van der Waals surface area (Å²) in [6.45, 7) is 3.48.